The fraction of sp³-hybridized carbons (Fsp3) is 0.500. The van der Waals surface area contributed by atoms with Crippen LogP contribution in [-0.2, 0) is 0 Å². The molecule has 2 N–H and O–H groups in total. The number of benzene rings is 1. The van der Waals surface area contributed by atoms with Crippen LogP contribution >= 0.6 is 28.1 Å². The van der Waals surface area contributed by atoms with Crippen LogP contribution in [0.4, 0.5) is 5.69 Å². The van der Waals surface area contributed by atoms with Gasteiger partial charge in [-0.25, -0.2) is 0 Å². The summed E-state index contributed by atoms with van der Waals surface area (Å²) in [5, 5.41) is 0. The van der Waals surface area contributed by atoms with E-state index in [9.17, 15) is 0 Å². The summed E-state index contributed by atoms with van der Waals surface area (Å²) in [4.78, 5) is 5.18. The van der Waals surface area contributed by atoms with E-state index >= 15 is 0 Å². The number of rotatable bonds is 5. The molecule has 0 amide bonds. The van der Waals surface area contributed by atoms with E-state index in [1.807, 2.05) is 12.1 Å². The van der Waals surface area contributed by atoms with Crippen molar-refractivity contribution in [2.45, 2.75) is 12.8 Å². The van der Waals surface area contributed by atoms with E-state index in [0.717, 1.165) is 28.8 Å². The van der Waals surface area contributed by atoms with E-state index < -0.39 is 0 Å². The zero-order valence-corrected chi connectivity index (χ0v) is 13.6. The van der Waals surface area contributed by atoms with Crippen molar-refractivity contribution >= 4 is 38.8 Å². The van der Waals surface area contributed by atoms with Gasteiger partial charge in [0.05, 0.1) is 0 Å². The fourth-order valence-electron chi connectivity index (χ4n) is 2.49. The highest BCUT2D eigenvalue weighted by Crippen LogP contribution is 2.27. The molecule has 0 bridgehead atoms. The highest BCUT2D eigenvalue weighted by atomic mass is 79.9. The molecule has 1 heterocycles. The molecule has 0 aliphatic carbocycles. The lowest BCUT2D eigenvalue weighted by Gasteiger charge is -2.25. The average Bonchev–Trinajstić information content (AvgIpc) is 2.88. The molecule has 3 nitrogen and oxygen atoms in total. The number of halogens is 1. The van der Waals surface area contributed by atoms with Crippen molar-refractivity contribution in [3.8, 4) is 0 Å². The molecule has 1 saturated heterocycles. The predicted molar refractivity (Wildman–Crippen MR) is 89.0 cm³/mol. The molecule has 1 aromatic rings. The predicted octanol–water partition coefficient (Wildman–Crippen LogP) is 2.62. The first-order valence-electron chi connectivity index (χ1n) is 6.61. The minimum absolute atomic E-state index is 0.440. The highest BCUT2D eigenvalue weighted by Gasteiger charge is 2.15. The number of hydrogen-bond acceptors (Lipinski definition) is 3. The first-order chi connectivity index (χ1) is 9.09. The van der Waals surface area contributed by atoms with Gasteiger partial charge >= 0.3 is 0 Å². The maximum absolute atomic E-state index is 5.84. The molecule has 0 saturated carbocycles. The van der Waals surface area contributed by atoms with Gasteiger partial charge in [0.15, 0.2) is 0 Å². The van der Waals surface area contributed by atoms with Crippen LogP contribution in [0.3, 0.4) is 0 Å². The zero-order valence-electron chi connectivity index (χ0n) is 11.2. The summed E-state index contributed by atoms with van der Waals surface area (Å²) in [6, 6.07) is 6.07. The molecule has 1 fully saturated rings. The quantitative estimate of drug-likeness (QED) is 0.834. The van der Waals surface area contributed by atoms with Crippen LogP contribution in [0.5, 0.6) is 0 Å². The average molecular weight is 342 g/mol. The van der Waals surface area contributed by atoms with E-state index in [2.05, 4.69) is 38.8 Å². The Morgan fingerprint density at radius 1 is 1.42 bits per heavy atom. The summed E-state index contributed by atoms with van der Waals surface area (Å²) in [5.41, 5.74) is 7.87. The van der Waals surface area contributed by atoms with E-state index in [1.165, 1.54) is 25.9 Å². The Labute approximate surface area is 128 Å². The van der Waals surface area contributed by atoms with Gasteiger partial charge in [-0.2, -0.15) is 0 Å². The number of nitrogens with zero attached hydrogens (tertiary/aromatic N) is 2. The molecule has 19 heavy (non-hydrogen) atoms. The van der Waals surface area contributed by atoms with E-state index in [0.29, 0.717) is 4.99 Å². The molecule has 1 aliphatic rings. The summed E-state index contributed by atoms with van der Waals surface area (Å²) in [6.07, 6.45) is 2.66. The first-order valence-corrected chi connectivity index (χ1v) is 7.81. The van der Waals surface area contributed by atoms with Gasteiger partial charge in [-0.3, -0.25) is 0 Å². The number of anilines is 1. The van der Waals surface area contributed by atoms with Crippen LogP contribution in [0.2, 0.25) is 0 Å². The Morgan fingerprint density at radius 3 is 2.74 bits per heavy atom. The van der Waals surface area contributed by atoms with Gasteiger partial charge in [0, 0.05) is 35.9 Å². The molecular formula is C14H20BrN3S. The van der Waals surface area contributed by atoms with Crippen LogP contribution < -0.4 is 10.6 Å². The van der Waals surface area contributed by atoms with Crippen molar-refractivity contribution in [2.24, 2.45) is 5.73 Å². The highest BCUT2D eigenvalue weighted by molar-refractivity contribution is 9.10. The Balaban J connectivity index is 2.07. The second-order valence-corrected chi connectivity index (χ2v) is 6.26. The smallest absolute Gasteiger partial charge is 0.107 e. The molecule has 2 rings (SSSR count). The molecule has 1 aromatic carbocycles. The van der Waals surface area contributed by atoms with Gasteiger partial charge in [0.25, 0.3) is 0 Å². The van der Waals surface area contributed by atoms with Crippen LogP contribution in [0.15, 0.2) is 22.7 Å². The van der Waals surface area contributed by atoms with Crippen molar-refractivity contribution in [1.29, 1.82) is 0 Å². The van der Waals surface area contributed by atoms with E-state index in [1.54, 1.807) is 0 Å². The molecule has 104 valence electrons. The number of thiocarbonyl (C=S) groups is 1. The molecule has 0 radical (unpaired) electrons. The van der Waals surface area contributed by atoms with E-state index in [4.69, 9.17) is 18.0 Å². The summed E-state index contributed by atoms with van der Waals surface area (Å²) in [7, 11) is 2.10. The molecule has 5 heteroatoms. The molecule has 0 spiro atoms. The summed E-state index contributed by atoms with van der Waals surface area (Å²) in [6.45, 7) is 4.55. The standard InChI is InChI=1S/C14H20BrN3S/c1-17(9-10-18-7-2-3-8-18)12-6-4-5-11(15)13(12)14(16)19/h4-6H,2-3,7-10H2,1H3,(H2,16,19). The van der Waals surface area contributed by atoms with Gasteiger partial charge in [-0.05, 0) is 54.0 Å². The van der Waals surface area contributed by atoms with Crippen molar-refractivity contribution < 1.29 is 0 Å². The molecular weight excluding hydrogens is 322 g/mol. The largest absolute Gasteiger partial charge is 0.389 e. The van der Waals surface area contributed by atoms with Gasteiger partial charge in [-0.15, -0.1) is 0 Å². The maximum atomic E-state index is 5.84. The van der Waals surface area contributed by atoms with Crippen molar-refractivity contribution in [2.75, 3.05) is 38.1 Å². The lowest BCUT2D eigenvalue weighted by atomic mass is 10.1. The molecule has 1 aliphatic heterocycles. The van der Waals surface area contributed by atoms with Gasteiger partial charge < -0.3 is 15.5 Å². The second kappa shape index (κ2) is 6.68. The zero-order chi connectivity index (χ0) is 13.8. The lowest BCUT2D eigenvalue weighted by molar-refractivity contribution is 0.346. The third kappa shape index (κ3) is 3.68. The summed E-state index contributed by atoms with van der Waals surface area (Å²) >= 11 is 8.69. The minimum Gasteiger partial charge on any atom is -0.389 e. The lowest BCUT2D eigenvalue weighted by Crippen LogP contribution is -2.32. The van der Waals surface area contributed by atoms with Crippen LogP contribution in [0, 0.1) is 0 Å². The Kier molecular flexibility index (Phi) is 5.19. The Hall–Kier alpha value is -0.650. The summed E-state index contributed by atoms with van der Waals surface area (Å²) < 4.78 is 0.963. The Morgan fingerprint density at radius 2 is 2.11 bits per heavy atom. The monoisotopic (exact) mass is 341 g/mol. The summed E-state index contributed by atoms with van der Waals surface area (Å²) in [5.74, 6) is 0. The normalized spacial score (nSPS) is 15.7. The second-order valence-electron chi connectivity index (χ2n) is 4.97. The van der Waals surface area contributed by atoms with E-state index in [-0.39, 0.29) is 0 Å². The van der Waals surface area contributed by atoms with Gasteiger partial charge in [0.1, 0.15) is 4.99 Å². The van der Waals surface area contributed by atoms with Crippen LogP contribution in [-0.4, -0.2) is 43.1 Å². The third-order valence-corrected chi connectivity index (χ3v) is 4.46. The van der Waals surface area contributed by atoms with Gasteiger partial charge in [0.2, 0.25) is 0 Å². The number of likely N-dealkylation sites (N-methyl/N-ethyl adjacent to an activating group) is 1. The maximum Gasteiger partial charge on any atom is 0.107 e. The van der Waals surface area contributed by atoms with Crippen LogP contribution in [0.25, 0.3) is 0 Å². The van der Waals surface area contributed by atoms with Gasteiger partial charge in [-0.1, -0.05) is 18.3 Å². The third-order valence-electron chi connectivity index (χ3n) is 3.60. The minimum atomic E-state index is 0.440. The Bertz CT molecular complexity index is 458. The first kappa shape index (κ1) is 14.8. The topological polar surface area (TPSA) is 32.5 Å². The molecule has 0 aromatic heterocycles. The molecule has 0 atom stereocenters. The van der Waals surface area contributed by atoms with Crippen molar-refractivity contribution in [3.63, 3.8) is 0 Å². The SMILES string of the molecule is CN(CCN1CCCC1)c1cccc(Br)c1C(N)=S. The fourth-order valence-corrected chi connectivity index (χ4v) is 3.41. The van der Waals surface area contributed by atoms with Crippen molar-refractivity contribution in [1.82, 2.24) is 4.90 Å². The van der Waals surface area contributed by atoms with Crippen LogP contribution in [0.1, 0.15) is 18.4 Å². The van der Waals surface area contributed by atoms with Crippen molar-refractivity contribution in [3.05, 3.63) is 28.2 Å². The molecule has 0 unspecified atom stereocenters. The number of hydrogen-bond donors (Lipinski definition) is 1. The number of likely N-dealkylation sites (tertiary alicyclic amines) is 1. The number of nitrogens with two attached hydrogens (primary N) is 1.